The van der Waals surface area contributed by atoms with E-state index in [4.69, 9.17) is 4.42 Å². The molecule has 5 rings (SSSR count). The maximum absolute atomic E-state index is 12.5. The lowest BCUT2D eigenvalue weighted by Crippen LogP contribution is -3.00. The number of aromatic nitrogens is 3. The zero-order valence-corrected chi connectivity index (χ0v) is 17.0. The summed E-state index contributed by atoms with van der Waals surface area (Å²) < 4.78 is 5.56. The lowest BCUT2D eigenvalue weighted by Gasteiger charge is -2.05. The molecule has 4 aromatic rings. The minimum atomic E-state index is -0.442. The van der Waals surface area contributed by atoms with Gasteiger partial charge in [0.1, 0.15) is 11.3 Å². The maximum atomic E-state index is 12.5. The van der Waals surface area contributed by atoms with Gasteiger partial charge in [0, 0.05) is 29.2 Å². The van der Waals surface area contributed by atoms with Gasteiger partial charge in [0.2, 0.25) is 0 Å². The van der Waals surface area contributed by atoms with Crippen molar-refractivity contribution in [1.29, 1.82) is 0 Å². The summed E-state index contributed by atoms with van der Waals surface area (Å²) in [6, 6.07) is 17.2. The topological polar surface area (TPSA) is 79.8 Å². The molecule has 0 atom stereocenters. The van der Waals surface area contributed by atoms with E-state index in [1.165, 1.54) is 0 Å². The summed E-state index contributed by atoms with van der Waals surface area (Å²) in [6.07, 6.45) is 2.79. The third-order valence-electron chi connectivity index (χ3n) is 4.73. The van der Waals surface area contributed by atoms with Crippen LogP contribution in [-0.4, -0.2) is 40.1 Å². The highest BCUT2D eigenvalue weighted by Crippen LogP contribution is 2.24. The van der Waals surface area contributed by atoms with Crippen molar-refractivity contribution in [3.05, 3.63) is 70.7 Å². The number of anilines is 1. The molecule has 0 spiro atoms. The summed E-state index contributed by atoms with van der Waals surface area (Å²) in [5.41, 5.74) is 3.78. The third-order valence-corrected chi connectivity index (χ3v) is 4.73. The van der Waals surface area contributed by atoms with E-state index < -0.39 is 5.63 Å². The van der Waals surface area contributed by atoms with Crippen molar-refractivity contribution in [2.45, 2.75) is 6.92 Å². The second kappa shape index (κ2) is 7.59. The largest absolute Gasteiger partial charge is 1.00 e. The highest BCUT2D eigenvalue weighted by molar-refractivity contribution is 5.86. The van der Waals surface area contributed by atoms with Gasteiger partial charge >= 0.3 is 12.0 Å². The zero-order valence-electron chi connectivity index (χ0n) is 16.3. The molecule has 0 N–H and O–H groups in total. The van der Waals surface area contributed by atoms with E-state index in [1.54, 1.807) is 26.8 Å². The molecule has 0 radical (unpaired) electrons. The Labute approximate surface area is 178 Å². The first-order valence-electron chi connectivity index (χ1n) is 9.11. The second-order valence-corrected chi connectivity index (χ2v) is 6.86. The normalized spacial score (nSPS) is 12.9. The van der Waals surface area contributed by atoms with E-state index in [0.29, 0.717) is 23.6 Å². The second-order valence-electron chi connectivity index (χ2n) is 6.86. The number of nitrogens with zero attached hydrogens (tertiary/aromatic N) is 6. The van der Waals surface area contributed by atoms with Crippen molar-refractivity contribution < 1.29 is 16.8 Å². The smallest absolute Gasteiger partial charge is 0.448 e. The minimum Gasteiger partial charge on any atom is -1.00 e. The van der Waals surface area contributed by atoms with Crippen LogP contribution in [0.25, 0.3) is 27.9 Å². The summed E-state index contributed by atoms with van der Waals surface area (Å²) in [4.78, 5) is 15.7. The Bertz CT molecular complexity index is 1300. The molecule has 0 aliphatic carbocycles. The van der Waals surface area contributed by atoms with Crippen molar-refractivity contribution in [3.63, 3.8) is 0 Å². The van der Waals surface area contributed by atoms with Crippen molar-refractivity contribution >= 4 is 23.0 Å². The van der Waals surface area contributed by atoms with Crippen LogP contribution in [0.1, 0.15) is 5.69 Å². The summed E-state index contributed by atoms with van der Waals surface area (Å²) in [5.74, 6) is 0. The molecule has 0 amide bonds. The Morgan fingerprint density at radius 2 is 1.87 bits per heavy atom. The zero-order chi connectivity index (χ0) is 20.0. The minimum absolute atomic E-state index is 0. The fraction of sp³-hybridized carbons (Fsp3) is 0.143. The predicted octanol–water partition coefficient (Wildman–Crippen LogP) is -0.117. The van der Waals surface area contributed by atoms with Crippen LogP contribution in [0.4, 0.5) is 5.69 Å². The molecule has 0 bridgehead atoms. The van der Waals surface area contributed by atoms with Crippen LogP contribution in [0.3, 0.4) is 0 Å². The van der Waals surface area contributed by atoms with Crippen LogP contribution in [0.5, 0.6) is 0 Å². The van der Waals surface area contributed by atoms with Crippen LogP contribution in [0, 0.1) is 6.92 Å². The van der Waals surface area contributed by atoms with E-state index >= 15 is 0 Å². The van der Waals surface area contributed by atoms with Gasteiger partial charge < -0.3 is 16.8 Å². The fourth-order valence-corrected chi connectivity index (χ4v) is 3.29. The SMILES string of the molecule is Cc1nn(-c2ccc3cc(N4[C+]=NN(C)C4)c(=O)oc3c2)nc1-c1ccccc1.[Cl-]. The van der Waals surface area contributed by atoms with Crippen molar-refractivity contribution in [1.82, 2.24) is 20.0 Å². The van der Waals surface area contributed by atoms with Crippen molar-refractivity contribution in [3.8, 4) is 16.9 Å². The Morgan fingerprint density at radius 1 is 1.07 bits per heavy atom. The first-order chi connectivity index (χ1) is 14.1. The average Bonchev–Trinajstić information content (AvgIpc) is 3.33. The van der Waals surface area contributed by atoms with Gasteiger partial charge in [-0.05, 0) is 19.1 Å². The van der Waals surface area contributed by atoms with Gasteiger partial charge in [-0.2, -0.15) is 9.90 Å². The van der Waals surface area contributed by atoms with Crippen LogP contribution < -0.4 is 22.9 Å². The molecule has 8 nitrogen and oxygen atoms in total. The van der Waals surface area contributed by atoms with Crippen LogP contribution in [0.2, 0.25) is 0 Å². The molecule has 0 saturated heterocycles. The summed E-state index contributed by atoms with van der Waals surface area (Å²) in [7, 11) is 1.81. The summed E-state index contributed by atoms with van der Waals surface area (Å²) in [5, 5.41) is 15.6. The quantitative estimate of drug-likeness (QED) is 0.340. The molecule has 1 aliphatic heterocycles. The van der Waals surface area contributed by atoms with Gasteiger partial charge in [0.15, 0.2) is 6.67 Å². The summed E-state index contributed by atoms with van der Waals surface area (Å²) in [6.45, 7) is 2.37. The molecule has 0 unspecified atom stereocenters. The molecule has 2 aromatic heterocycles. The molecule has 2 aromatic carbocycles. The average molecular weight is 421 g/mol. The molecule has 1 aliphatic rings. The number of hydrogen-bond donors (Lipinski definition) is 0. The number of halogens is 1. The van der Waals surface area contributed by atoms with Crippen molar-refractivity contribution in [2.24, 2.45) is 5.10 Å². The van der Waals surface area contributed by atoms with E-state index in [-0.39, 0.29) is 12.4 Å². The van der Waals surface area contributed by atoms with E-state index in [9.17, 15) is 4.79 Å². The molecular weight excluding hydrogens is 404 g/mol. The van der Waals surface area contributed by atoms with Crippen LogP contribution >= 0.6 is 0 Å². The van der Waals surface area contributed by atoms with Crippen LogP contribution in [-0.2, 0) is 0 Å². The molecule has 0 saturated carbocycles. The van der Waals surface area contributed by atoms with E-state index in [0.717, 1.165) is 22.3 Å². The fourth-order valence-electron chi connectivity index (χ4n) is 3.29. The number of hydrazone groups is 1. The number of aryl methyl sites for hydroxylation is 1. The lowest BCUT2D eigenvalue weighted by molar-refractivity contribution is -0.00000650. The molecule has 3 heterocycles. The molecule has 30 heavy (non-hydrogen) atoms. The van der Waals surface area contributed by atoms with Gasteiger partial charge in [0.25, 0.3) is 5.69 Å². The van der Waals surface area contributed by atoms with Crippen molar-refractivity contribution in [2.75, 3.05) is 18.6 Å². The molecule has 0 fully saturated rings. The monoisotopic (exact) mass is 420 g/mol. The molecule has 150 valence electrons. The maximum Gasteiger partial charge on any atom is 0.448 e. The number of hydrogen-bond acceptors (Lipinski definition) is 7. The van der Waals surface area contributed by atoms with Gasteiger partial charge in [-0.1, -0.05) is 35.2 Å². The Kier molecular flexibility index (Phi) is 4.95. The highest BCUT2D eigenvalue weighted by Gasteiger charge is 2.29. The third kappa shape index (κ3) is 3.39. The van der Waals surface area contributed by atoms with Gasteiger partial charge in [-0.25, -0.2) is 9.80 Å². The first-order valence-corrected chi connectivity index (χ1v) is 9.11. The standard InChI is InChI=1S/C21H17N6O2.ClH/c1-14-20(15-6-4-3-5-7-15)24-27(23-14)17-9-8-16-10-18(21(28)29-19(16)11-17)26-12-22-25(2)13-26;/h3-11H,13H2,1-2H3;1H/q+1;/p-1. The Hall–Kier alpha value is -3.74. The highest BCUT2D eigenvalue weighted by atomic mass is 35.5. The van der Waals surface area contributed by atoms with Gasteiger partial charge in [-0.15, -0.1) is 5.10 Å². The number of rotatable bonds is 3. The van der Waals surface area contributed by atoms with E-state index in [1.807, 2.05) is 56.4 Å². The number of fused-ring (bicyclic) bond motifs is 1. The van der Waals surface area contributed by atoms with Gasteiger partial charge in [0.05, 0.1) is 17.4 Å². The van der Waals surface area contributed by atoms with E-state index in [2.05, 4.69) is 21.6 Å². The Balaban J connectivity index is 0.00000218. The molecular formula is C21H17ClN6O2. The lowest BCUT2D eigenvalue weighted by atomic mass is 10.1. The van der Waals surface area contributed by atoms with Crippen LogP contribution in [0.15, 0.2) is 68.9 Å². The summed E-state index contributed by atoms with van der Waals surface area (Å²) >= 11 is 0. The molecule has 9 heteroatoms. The predicted molar refractivity (Wildman–Crippen MR) is 110 cm³/mol. The first kappa shape index (κ1) is 19.6. The number of benzene rings is 2. The Morgan fingerprint density at radius 3 is 2.60 bits per heavy atom. The van der Waals surface area contributed by atoms with Gasteiger partial charge in [-0.3, -0.25) is 0 Å².